The number of rotatable bonds is 7. The van der Waals surface area contributed by atoms with E-state index < -0.39 is 16.0 Å². The normalized spacial score (nSPS) is 16.3. The Labute approximate surface area is 112 Å². The van der Waals surface area contributed by atoms with E-state index in [-0.39, 0.29) is 31.0 Å². The van der Waals surface area contributed by atoms with Gasteiger partial charge in [0.2, 0.25) is 15.9 Å². The first-order valence-electron chi connectivity index (χ1n) is 6.08. The standard InChI is InChI=1S/C10H19N3O5S/c14-9(13-5-3-11-4-6-13)8-12-19(17,18)7-1-2-10(15)16/h11-12H,1-8H2,(H,15,16). The molecule has 0 saturated carbocycles. The first kappa shape index (κ1) is 15.9. The summed E-state index contributed by atoms with van der Waals surface area (Å²) in [5, 5.41) is 11.5. The third-order valence-corrected chi connectivity index (χ3v) is 4.13. The maximum Gasteiger partial charge on any atom is 0.303 e. The fourth-order valence-corrected chi connectivity index (χ4v) is 2.70. The Morgan fingerprint density at radius 3 is 2.47 bits per heavy atom. The highest BCUT2D eigenvalue weighted by Gasteiger charge is 2.18. The van der Waals surface area contributed by atoms with Crippen molar-refractivity contribution in [3.8, 4) is 0 Å². The van der Waals surface area contributed by atoms with Crippen molar-refractivity contribution in [3.05, 3.63) is 0 Å². The van der Waals surface area contributed by atoms with Gasteiger partial charge in [-0.05, 0) is 6.42 Å². The molecule has 0 aromatic carbocycles. The Hall–Kier alpha value is -1.19. The van der Waals surface area contributed by atoms with Crippen molar-refractivity contribution in [1.82, 2.24) is 14.9 Å². The molecule has 1 amide bonds. The number of amides is 1. The quantitative estimate of drug-likeness (QED) is 0.510. The molecule has 0 aromatic heterocycles. The van der Waals surface area contributed by atoms with Crippen molar-refractivity contribution >= 4 is 21.9 Å². The highest BCUT2D eigenvalue weighted by atomic mass is 32.2. The maximum atomic E-state index is 11.7. The zero-order chi connectivity index (χ0) is 14.3. The molecule has 110 valence electrons. The topological polar surface area (TPSA) is 116 Å². The van der Waals surface area contributed by atoms with E-state index in [1.807, 2.05) is 0 Å². The van der Waals surface area contributed by atoms with Gasteiger partial charge in [-0.1, -0.05) is 0 Å². The smallest absolute Gasteiger partial charge is 0.303 e. The molecule has 0 aliphatic carbocycles. The Balaban J connectivity index is 2.29. The predicted molar refractivity (Wildman–Crippen MR) is 68.1 cm³/mol. The van der Waals surface area contributed by atoms with Crippen molar-refractivity contribution in [3.63, 3.8) is 0 Å². The van der Waals surface area contributed by atoms with Crippen LogP contribution in [-0.2, 0) is 19.6 Å². The third kappa shape index (κ3) is 6.50. The molecular formula is C10H19N3O5S. The largest absolute Gasteiger partial charge is 0.481 e. The molecule has 0 unspecified atom stereocenters. The molecule has 1 fully saturated rings. The van der Waals surface area contributed by atoms with Gasteiger partial charge < -0.3 is 15.3 Å². The SMILES string of the molecule is O=C(O)CCCS(=O)(=O)NCC(=O)N1CCNCC1. The van der Waals surface area contributed by atoms with Crippen LogP contribution in [0.5, 0.6) is 0 Å². The van der Waals surface area contributed by atoms with E-state index in [2.05, 4.69) is 10.0 Å². The first-order valence-corrected chi connectivity index (χ1v) is 7.73. The fraction of sp³-hybridized carbons (Fsp3) is 0.800. The van der Waals surface area contributed by atoms with Gasteiger partial charge in [0.1, 0.15) is 0 Å². The molecule has 1 aliphatic heterocycles. The van der Waals surface area contributed by atoms with Crippen molar-refractivity contribution < 1.29 is 23.1 Å². The minimum absolute atomic E-state index is 0.0342. The number of carboxylic acids is 1. The molecule has 3 N–H and O–H groups in total. The van der Waals surface area contributed by atoms with E-state index >= 15 is 0 Å². The second-order valence-corrected chi connectivity index (χ2v) is 6.19. The summed E-state index contributed by atoms with van der Waals surface area (Å²) in [5.41, 5.74) is 0. The summed E-state index contributed by atoms with van der Waals surface area (Å²) in [7, 11) is -3.59. The van der Waals surface area contributed by atoms with Gasteiger partial charge in [-0.25, -0.2) is 13.1 Å². The van der Waals surface area contributed by atoms with E-state index in [1.165, 1.54) is 0 Å². The fourth-order valence-electron chi connectivity index (χ4n) is 1.68. The van der Waals surface area contributed by atoms with E-state index in [1.54, 1.807) is 4.90 Å². The van der Waals surface area contributed by atoms with Crippen LogP contribution in [0.4, 0.5) is 0 Å². The Morgan fingerprint density at radius 1 is 1.26 bits per heavy atom. The lowest BCUT2D eigenvalue weighted by Gasteiger charge is -2.27. The Kier molecular flexibility index (Phi) is 6.19. The van der Waals surface area contributed by atoms with Crippen molar-refractivity contribution in [2.45, 2.75) is 12.8 Å². The van der Waals surface area contributed by atoms with Crippen LogP contribution in [0.15, 0.2) is 0 Å². The zero-order valence-electron chi connectivity index (χ0n) is 10.6. The second kappa shape index (κ2) is 7.41. The average Bonchev–Trinajstić information content (AvgIpc) is 2.36. The summed E-state index contributed by atoms with van der Waals surface area (Å²) in [4.78, 5) is 23.6. The van der Waals surface area contributed by atoms with Gasteiger partial charge in [0, 0.05) is 32.6 Å². The Morgan fingerprint density at radius 2 is 1.89 bits per heavy atom. The van der Waals surface area contributed by atoms with E-state index in [4.69, 9.17) is 5.11 Å². The molecule has 0 spiro atoms. The molecule has 8 nitrogen and oxygen atoms in total. The molecule has 1 heterocycles. The number of carbonyl (C=O) groups excluding carboxylic acids is 1. The van der Waals surface area contributed by atoms with Crippen LogP contribution in [0.1, 0.15) is 12.8 Å². The number of hydrogen-bond acceptors (Lipinski definition) is 5. The minimum atomic E-state index is -3.59. The average molecular weight is 293 g/mol. The summed E-state index contributed by atoms with van der Waals surface area (Å²) in [5.74, 6) is -1.58. The predicted octanol–water partition coefficient (Wildman–Crippen LogP) is -1.80. The molecular weight excluding hydrogens is 274 g/mol. The number of piperazine rings is 1. The maximum absolute atomic E-state index is 11.7. The Bertz CT molecular complexity index is 417. The molecule has 1 saturated heterocycles. The third-order valence-electron chi connectivity index (χ3n) is 2.72. The highest BCUT2D eigenvalue weighted by molar-refractivity contribution is 7.89. The highest BCUT2D eigenvalue weighted by Crippen LogP contribution is 1.96. The van der Waals surface area contributed by atoms with Crippen molar-refractivity contribution in [2.24, 2.45) is 0 Å². The summed E-state index contributed by atoms with van der Waals surface area (Å²) in [6.07, 6.45) is -0.168. The van der Waals surface area contributed by atoms with Gasteiger partial charge in [-0.2, -0.15) is 0 Å². The van der Waals surface area contributed by atoms with Gasteiger partial charge in [0.15, 0.2) is 0 Å². The number of carboxylic acid groups (broad SMARTS) is 1. The number of nitrogens with zero attached hydrogens (tertiary/aromatic N) is 1. The van der Waals surface area contributed by atoms with Gasteiger partial charge in [0.25, 0.3) is 0 Å². The van der Waals surface area contributed by atoms with Crippen molar-refractivity contribution in [1.29, 1.82) is 0 Å². The number of hydrogen-bond donors (Lipinski definition) is 3. The summed E-state index contributed by atoms with van der Waals surface area (Å²) in [6, 6.07) is 0. The van der Waals surface area contributed by atoms with Crippen LogP contribution in [-0.4, -0.2) is 68.8 Å². The van der Waals surface area contributed by atoms with Crippen molar-refractivity contribution in [2.75, 3.05) is 38.5 Å². The summed E-state index contributed by atoms with van der Waals surface area (Å²) in [6.45, 7) is 2.28. The van der Waals surface area contributed by atoms with E-state index in [0.717, 1.165) is 0 Å². The lowest BCUT2D eigenvalue weighted by atomic mass is 10.3. The number of carbonyl (C=O) groups is 2. The molecule has 19 heavy (non-hydrogen) atoms. The zero-order valence-corrected chi connectivity index (χ0v) is 11.4. The van der Waals surface area contributed by atoms with Crippen LogP contribution in [0.25, 0.3) is 0 Å². The molecule has 0 atom stereocenters. The van der Waals surface area contributed by atoms with Crippen LogP contribution < -0.4 is 10.0 Å². The monoisotopic (exact) mass is 293 g/mol. The number of nitrogens with one attached hydrogen (secondary N) is 2. The van der Waals surface area contributed by atoms with Crippen LogP contribution >= 0.6 is 0 Å². The molecule has 0 aromatic rings. The summed E-state index contributed by atoms with van der Waals surface area (Å²) >= 11 is 0. The van der Waals surface area contributed by atoms with Crippen LogP contribution in [0.2, 0.25) is 0 Å². The number of sulfonamides is 1. The van der Waals surface area contributed by atoms with Crippen LogP contribution in [0.3, 0.4) is 0 Å². The molecule has 1 aliphatic rings. The number of aliphatic carboxylic acids is 1. The lowest BCUT2D eigenvalue weighted by Crippen LogP contribution is -2.49. The van der Waals surface area contributed by atoms with Gasteiger partial charge in [0.05, 0.1) is 12.3 Å². The van der Waals surface area contributed by atoms with Gasteiger partial charge in [-0.3, -0.25) is 9.59 Å². The second-order valence-electron chi connectivity index (χ2n) is 4.27. The van der Waals surface area contributed by atoms with E-state index in [9.17, 15) is 18.0 Å². The molecule has 1 rings (SSSR count). The van der Waals surface area contributed by atoms with Crippen LogP contribution in [0, 0.1) is 0 Å². The minimum Gasteiger partial charge on any atom is -0.481 e. The summed E-state index contributed by atoms with van der Waals surface area (Å²) < 4.78 is 25.2. The molecule has 0 bridgehead atoms. The lowest BCUT2D eigenvalue weighted by molar-refractivity contribution is -0.137. The first-order chi connectivity index (χ1) is 8.91. The van der Waals surface area contributed by atoms with Gasteiger partial charge in [-0.15, -0.1) is 0 Å². The van der Waals surface area contributed by atoms with E-state index in [0.29, 0.717) is 26.2 Å². The molecule has 0 radical (unpaired) electrons. The molecule has 9 heteroatoms. The van der Waals surface area contributed by atoms with Gasteiger partial charge >= 0.3 is 5.97 Å².